The fraction of sp³-hybridized carbons (Fsp3) is 0.259. The molecule has 0 aliphatic rings. The normalized spacial score (nSPS) is 11.9. The van der Waals surface area contributed by atoms with Gasteiger partial charge < -0.3 is 4.74 Å². The van der Waals surface area contributed by atoms with Gasteiger partial charge in [-0.15, -0.1) is 0 Å². The van der Waals surface area contributed by atoms with Gasteiger partial charge in [-0.05, 0) is 79.4 Å². The highest BCUT2D eigenvalue weighted by molar-refractivity contribution is 7.92. The highest BCUT2D eigenvalue weighted by Crippen LogP contribution is 2.26. The van der Waals surface area contributed by atoms with Crippen molar-refractivity contribution in [3.63, 3.8) is 0 Å². The Hall–Kier alpha value is -3.65. The van der Waals surface area contributed by atoms with Gasteiger partial charge in [-0.2, -0.15) is 5.10 Å². The van der Waals surface area contributed by atoms with Crippen LogP contribution in [0.4, 0.5) is 5.69 Å². The molecule has 184 valence electrons. The predicted octanol–water partition coefficient (Wildman–Crippen LogP) is 4.86. The van der Waals surface area contributed by atoms with E-state index in [1.807, 2.05) is 31.2 Å². The molecule has 35 heavy (non-hydrogen) atoms. The van der Waals surface area contributed by atoms with E-state index in [9.17, 15) is 13.2 Å². The third-order valence-corrected chi connectivity index (χ3v) is 7.39. The van der Waals surface area contributed by atoms with Gasteiger partial charge in [0.15, 0.2) is 0 Å². The Morgan fingerprint density at radius 1 is 0.971 bits per heavy atom. The molecule has 0 heterocycles. The minimum atomic E-state index is -3.99. The standard InChI is InChI=1S/C27H31N3O4S/c1-19(2)22-8-12-24(13-9-22)30(35(32,33)26-16-6-20(3)7-17-26)18-27(31)29-28-21(4)23-10-14-25(34-5)15-11-23/h6-17,19H,18H2,1-5H3,(H,29,31)/b28-21-. The summed E-state index contributed by atoms with van der Waals surface area (Å²) in [6.07, 6.45) is 0. The molecular formula is C27H31N3O4S. The lowest BCUT2D eigenvalue weighted by Crippen LogP contribution is -2.39. The quantitative estimate of drug-likeness (QED) is 0.341. The lowest BCUT2D eigenvalue weighted by Gasteiger charge is -2.24. The molecule has 3 aromatic rings. The average molecular weight is 494 g/mol. The number of hydrogen-bond acceptors (Lipinski definition) is 5. The zero-order valence-corrected chi connectivity index (χ0v) is 21.5. The number of benzene rings is 3. The zero-order chi connectivity index (χ0) is 25.6. The summed E-state index contributed by atoms with van der Waals surface area (Å²) < 4.78 is 33.3. The number of carbonyl (C=O) groups excluding carboxylic acids is 1. The smallest absolute Gasteiger partial charge is 0.264 e. The minimum Gasteiger partial charge on any atom is -0.497 e. The molecule has 3 aromatic carbocycles. The highest BCUT2D eigenvalue weighted by atomic mass is 32.2. The van der Waals surface area contributed by atoms with Crippen molar-refractivity contribution in [1.82, 2.24) is 5.43 Å². The SMILES string of the molecule is COc1ccc(/C(C)=N\NC(=O)CN(c2ccc(C(C)C)cc2)S(=O)(=O)c2ccc(C)cc2)cc1. The van der Waals surface area contributed by atoms with Crippen LogP contribution in [0.1, 0.15) is 43.4 Å². The molecule has 0 aliphatic heterocycles. The molecule has 1 N–H and O–H groups in total. The van der Waals surface area contributed by atoms with Crippen molar-refractivity contribution in [2.45, 2.75) is 38.5 Å². The number of methoxy groups -OCH3 is 1. The molecule has 0 radical (unpaired) electrons. The van der Waals surface area contributed by atoms with Gasteiger partial charge >= 0.3 is 0 Å². The molecule has 1 amide bonds. The Balaban J connectivity index is 1.87. The lowest BCUT2D eigenvalue weighted by atomic mass is 10.0. The van der Waals surface area contributed by atoms with Crippen molar-refractivity contribution in [3.8, 4) is 5.75 Å². The van der Waals surface area contributed by atoms with Crippen LogP contribution in [0.2, 0.25) is 0 Å². The second kappa shape index (κ2) is 11.2. The van der Waals surface area contributed by atoms with Crippen LogP contribution in [0, 0.1) is 6.92 Å². The van der Waals surface area contributed by atoms with E-state index in [0.717, 1.165) is 21.0 Å². The van der Waals surface area contributed by atoms with E-state index >= 15 is 0 Å². The molecule has 0 unspecified atom stereocenters. The van der Waals surface area contributed by atoms with E-state index < -0.39 is 22.5 Å². The number of carbonyl (C=O) groups is 1. The Morgan fingerprint density at radius 3 is 2.11 bits per heavy atom. The molecule has 0 aliphatic carbocycles. The number of aryl methyl sites for hydroxylation is 1. The second-order valence-corrected chi connectivity index (χ2v) is 10.4. The van der Waals surface area contributed by atoms with Gasteiger partial charge in [0.25, 0.3) is 15.9 Å². The Labute approximate surface area is 207 Å². The van der Waals surface area contributed by atoms with Crippen molar-refractivity contribution in [1.29, 1.82) is 0 Å². The van der Waals surface area contributed by atoms with E-state index in [0.29, 0.717) is 23.1 Å². The molecule has 0 fully saturated rings. The number of hydrazone groups is 1. The molecule has 7 nitrogen and oxygen atoms in total. The minimum absolute atomic E-state index is 0.113. The predicted molar refractivity (Wildman–Crippen MR) is 140 cm³/mol. The first kappa shape index (κ1) is 26.0. The van der Waals surface area contributed by atoms with Crippen LogP contribution in [-0.4, -0.2) is 33.7 Å². The van der Waals surface area contributed by atoms with Crippen molar-refractivity contribution >= 4 is 27.3 Å². The van der Waals surface area contributed by atoms with Crippen molar-refractivity contribution in [2.24, 2.45) is 5.10 Å². The number of ether oxygens (including phenoxy) is 1. The van der Waals surface area contributed by atoms with Crippen molar-refractivity contribution < 1.29 is 17.9 Å². The third-order valence-electron chi connectivity index (χ3n) is 5.60. The summed E-state index contributed by atoms with van der Waals surface area (Å²) in [6.45, 7) is 7.35. The number of anilines is 1. The van der Waals surface area contributed by atoms with Crippen LogP contribution in [0.5, 0.6) is 5.75 Å². The number of rotatable bonds is 9. The van der Waals surface area contributed by atoms with Gasteiger partial charge in [-0.25, -0.2) is 13.8 Å². The Morgan fingerprint density at radius 2 is 1.57 bits per heavy atom. The summed E-state index contributed by atoms with van der Waals surface area (Å²) in [7, 11) is -2.40. The Bertz CT molecular complexity index is 1280. The maximum atomic E-state index is 13.5. The van der Waals surface area contributed by atoms with E-state index in [1.165, 1.54) is 0 Å². The first-order valence-corrected chi connectivity index (χ1v) is 12.7. The van der Waals surface area contributed by atoms with Gasteiger partial charge in [0.1, 0.15) is 12.3 Å². The van der Waals surface area contributed by atoms with E-state index in [4.69, 9.17) is 4.74 Å². The van der Waals surface area contributed by atoms with Gasteiger partial charge in [0, 0.05) is 0 Å². The maximum Gasteiger partial charge on any atom is 0.264 e. The number of hydrogen-bond donors (Lipinski definition) is 1. The summed E-state index contributed by atoms with van der Waals surface area (Å²) in [5, 5.41) is 4.16. The molecule has 3 rings (SSSR count). The van der Waals surface area contributed by atoms with Crippen LogP contribution in [0.15, 0.2) is 82.8 Å². The van der Waals surface area contributed by atoms with E-state index in [2.05, 4.69) is 24.4 Å². The molecular weight excluding hydrogens is 462 g/mol. The molecule has 0 atom stereocenters. The first-order valence-electron chi connectivity index (χ1n) is 11.3. The molecule has 0 spiro atoms. The summed E-state index contributed by atoms with van der Waals surface area (Å²) >= 11 is 0. The van der Waals surface area contributed by atoms with Crippen LogP contribution >= 0.6 is 0 Å². The third kappa shape index (κ3) is 6.48. The number of sulfonamides is 1. The summed E-state index contributed by atoms with van der Waals surface area (Å²) in [5.41, 5.74) is 6.29. The van der Waals surface area contributed by atoms with E-state index in [-0.39, 0.29) is 4.90 Å². The van der Waals surface area contributed by atoms with Crippen molar-refractivity contribution in [3.05, 3.63) is 89.5 Å². The maximum absolute atomic E-state index is 13.5. The van der Waals surface area contributed by atoms with Crippen LogP contribution in [-0.2, 0) is 14.8 Å². The molecule has 0 saturated heterocycles. The van der Waals surface area contributed by atoms with Gasteiger partial charge in [-0.1, -0.05) is 43.7 Å². The van der Waals surface area contributed by atoms with Crippen molar-refractivity contribution in [2.75, 3.05) is 18.0 Å². The first-order chi connectivity index (χ1) is 16.6. The molecule has 8 heteroatoms. The lowest BCUT2D eigenvalue weighted by molar-refractivity contribution is -0.119. The van der Waals surface area contributed by atoms with Gasteiger partial charge in [0.2, 0.25) is 0 Å². The van der Waals surface area contributed by atoms with Gasteiger partial charge in [-0.3, -0.25) is 9.10 Å². The fourth-order valence-electron chi connectivity index (χ4n) is 3.39. The molecule has 0 bridgehead atoms. The number of amides is 1. The zero-order valence-electron chi connectivity index (χ0n) is 20.6. The monoisotopic (exact) mass is 493 g/mol. The van der Waals surface area contributed by atoms with Crippen LogP contribution < -0.4 is 14.5 Å². The van der Waals surface area contributed by atoms with Crippen LogP contribution in [0.3, 0.4) is 0 Å². The summed E-state index contributed by atoms with van der Waals surface area (Å²) in [6, 6.07) is 21.0. The number of nitrogens with one attached hydrogen (secondary N) is 1. The topological polar surface area (TPSA) is 88.1 Å². The number of nitrogens with zero attached hydrogens (tertiary/aromatic N) is 2. The average Bonchev–Trinajstić information content (AvgIpc) is 2.86. The highest BCUT2D eigenvalue weighted by Gasteiger charge is 2.27. The molecule has 0 aromatic heterocycles. The van der Waals surface area contributed by atoms with Gasteiger partial charge in [0.05, 0.1) is 23.4 Å². The summed E-state index contributed by atoms with van der Waals surface area (Å²) in [5.74, 6) is 0.456. The van der Waals surface area contributed by atoms with E-state index in [1.54, 1.807) is 62.6 Å². The Kier molecular flexibility index (Phi) is 8.30. The molecule has 0 saturated carbocycles. The van der Waals surface area contributed by atoms with Crippen LogP contribution in [0.25, 0.3) is 0 Å². The second-order valence-electron chi connectivity index (χ2n) is 8.53. The largest absolute Gasteiger partial charge is 0.497 e. The fourth-order valence-corrected chi connectivity index (χ4v) is 4.81. The summed E-state index contributed by atoms with van der Waals surface area (Å²) in [4.78, 5) is 12.9.